The van der Waals surface area contributed by atoms with E-state index in [9.17, 15) is 19.2 Å². The summed E-state index contributed by atoms with van der Waals surface area (Å²) in [6.45, 7) is -0.251. The summed E-state index contributed by atoms with van der Waals surface area (Å²) >= 11 is 1.19. The predicted octanol–water partition coefficient (Wildman–Crippen LogP) is 2.43. The molecule has 0 atom stereocenters. The molecule has 1 aliphatic heterocycles. The lowest BCUT2D eigenvalue weighted by molar-refractivity contribution is -0.116. The summed E-state index contributed by atoms with van der Waals surface area (Å²) < 4.78 is 18.1. The Hall–Kier alpha value is -4.38. The highest BCUT2D eigenvalue weighted by Crippen LogP contribution is 2.32. The lowest BCUT2D eigenvalue weighted by Crippen LogP contribution is -2.41. The van der Waals surface area contributed by atoms with E-state index in [0.717, 1.165) is 4.57 Å². The van der Waals surface area contributed by atoms with Crippen LogP contribution in [-0.2, 0) is 22.6 Å². The number of nitrogens with zero attached hydrogens (tertiary/aromatic N) is 2. The summed E-state index contributed by atoms with van der Waals surface area (Å²) in [5.74, 6) is -0.00681. The van der Waals surface area contributed by atoms with Gasteiger partial charge in [-0.05, 0) is 41.3 Å². The molecule has 1 N–H and O–H groups in total. The standard InChI is InChI=1S/C24H19N3O7S/c1-32-23(30)15-4-2-3-5-16(15)25-20(28)12-26-17-8-9-35-21(17)22(29)27(24(26)31)11-14-6-7-18-19(10-14)34-13-33-18/h2-10H,11-13H2,1H3,(H,25,28). The van der Waals surface area contributed by atoms with Gasteiger partial charge in [-0.25, -0.2) is 9.59 Å². The van der Waals surface area contributed by atoms with Crippen LogP contribution in [0.25, 0.3) is 10.2 Å². The smallest absolute Gasteiger partial charge is 0.339 e. The van der Waals surface area contributed by atoms with Gasteiger partial charge in [0.1, 0.15) is 11.2 Å². The quantitative estimate of drug-likeness (QED) is 0.410. The first-order valence-electron chi connectivity index (χ1n) is 10.5. The number of fused-ring (bicyclic) bond motifs is 2. The maximum Gasteiger partial charge on any atom is 0.339 e. The van der Waals surface area contributed by atoms with Gasteiger partial charge in [0.05, 0.1) is 30.4 Å². The third-order valence-corrected chi connectivity index (χ3v) is 6.41. The number of anilines is 1. The van der Waals surface area contributed by atoms with Gasteiger partial charge in [0, 0.05) is 0 Å². The maximum absolute atomic E-state index is 13.4. The SMILES string of the molecule is COC(=O)c1ccccc1NC(=O)Cn1c(=O)n(Cc2ccc3c(c2)OCO3)c(=O)c2sccc21. The van der Waals surface area contributed by atoms with Gasteiger partial charge in [0.2, 0.25) is 12.7 Å². The average molecular weight is 493 g/mol. The van der Waals surface area contributed by atoms with Crippen molar-refractivity contribution in [3.63, 3.8) is 0 Å². The number of thiophene rings is 1. The number of aromatic nitrogens is 2. The summed E-state index contributed by atoms with van der Waals surface area (Å²) in [4.78, 5) is 51.4. The second-order valence-corrected chi connectivity index (χ2v) is 8.58. The van der Waals surface area contributed by atoms with Crippen molar-refractivity contribution in [2.75, 3.05) is 19.2 Å². The van der Waals surface area contributed by atoms with Crippen LogP contribution in [0.5, 0.6) is 11.5 Å². The zero-order valence-corrected chi connectivity index (χ0v) is 19.3. The van der Waals surface area contributed by atoms with E-state index in [2.05, 4.69) is 5.32 Å². The molecule has 0 saturated heterocycles. The minimum Gasteiger partial charge on any atom is -0.465 e. The largest absolute Gasteiger partial charge is 0.465 e. The minimum absolute atomic E-state index is 0.00502. The summed E-state index contributed by atoms with van der Waals surface area (Å²) in [5, 5.41) is 4.35. The highest BCUT2D eigenvalue weighted by atomic mass is 32.1. The molecule has 1 aliphatic rings. The molecule has 0 fully saturated rings. The van der Waals surface area contributed by atoms with Crippen molar-refractivity contribution in [1.29, 1.82) is 0 Å². The van der Waals surface area contributed by atoms with Crippen LogP contribution in [0.4, 0.5) is 5.69 Å². The molecule has 5 rings (SSSR count). The van der Waals surface area contributed by atoms with Crippen LogP contribution in [0.3, 0.4) is 0 Å². The van der Waals surface area contributed by atoms with Crippen molar-refractivity contribution in [2.45, 2.75) is 13.1 Å². The molecule has 35 heavy (non-hydrogen) atoms. The number of carbonyl (C=O) groups is 2. The van der Waals surface area contributed by atoms with Crippen molar-refractivity contribution in [3.8, 4) is 11.5 Å². The molecule has 2 aromatic carbocycles. The fourth-order valence-corrected chi connectivity index (χ4v) is 4.70. The van der Waals surface area contributed by atoms with Gasteiger partial charge in [-0.15, -0.1) is 11.3 Å². The molecule has 4 aromatic rings. The van der Waals surface area contributed by atoms with Gasteiger partial charge < -0.3 is 19.5 Å². The van der Waals surface area contributed by atoms with E-state index in [0.29, 0.717) is 27.3 Å². The lowest BCUT2D eigenvalue weighted by atomic mass is 10.2. The summed E-state index contributed by atoms with van der Waals surface area (Å²) in [6.07, 6.45) is 0. The van der Waals surface area contributed by atoms with Gasteiger partial charge in [0.15, 0.2) is 11.5 Å². The van der Waals surface area contributed by atoms with Gasteiger partial charge in [-0.1, -0.05) is 18.2 Å². The first-order valence-corrected chi connectivity index (χ1v) is 11.4. The van der Waals surface area contributed by atoms with Crippen LogP contribution in [-0.4, -0.2) is 34.9 Å². The van der Waals surface area contributed by atoms with Gasteiger partial charge in [0.25, 0.3) is 5.56 Å². The van der Waals surface area contributed by atoms with Crippen molar-refractivity contribution in [1.82, 2.24) is 9.13 Å². The van der Waals surface area contributed by atoms with Crippen LogP contribution >= 0.6 is 11.3 Å². The number of carbonyl (C=O) groups excluding carboxylic acids is 2. The Morgan fingerprint density at radius 1 is 1.06 bits per heavy atom. The fraction of sp³-hybridized carbons (Fsp3) is 0.167. The van der Waals surface area contributed by atoms with Crippen LogP contribution < -0.4 is 26.0 Å². The fourth-order valence-electron chi connectivity index (χ4n) is 3.86. The Kier molecular flexibility index (Phi) is 5.83. The van der Waals surface area contributed by atoms with Crippen molar-refractivity contribution < 1.29 is 23.8 Å². The number of methoxy groups -OCH3 is 1. The third-order valence-electron chi connectivity index (χ3n) is 5.52. The number of para-hydroxylation sites is 1. The van der Waals surface area contributed by atoms with E-state index in [1.807, 2.05) is 0 Å². The van der Waals surface area contributed by atoms with E-state index in [-0.39, 0.29) is 31.1 Å². The predicted molar refractivity (Wildman–Crippen MR) is 128 cm³/mol. The zero-order valence-electron chi connectivity index (χ0n) is 18.5. The van der Waals surface area contributed by atoms with Crippen LogP contribution in [0.15, 0.2) is 63.5 Å². The zero-order chi connectivity index (χ0) is 24.5. The monoisotopic (exact) mass is 493 g/mol. The molecule has 0 spiro atoms. The Labute approximate surface area is 201 Å². The molecule has 11 heteroatoms. The Bertz CT molecular complexity index is 1580. The third kappa shape index (κ3) is 4.17. The minimum atomic E-state index is -0.630. The van der Waals surface area contributed by atoms with E-state index < -0.39 is 23.1 Å². The van der Waals surface area contributed by atoms with Crippen LogP contribution in [0.2, 0.25) is 0 Å². The van der Waals surface area contributed by atoms with Gasteiger partial charge in [-0.2, -0.15) is 0 Å². The molecule has 0 aliphatic carbocycles. The summed E-state index contributed by atoms with van der Waals surface area (Å²) in [7, 11) is 1.25. The lowest BCUT2D eigenvalue weighted by Gasteiger charge is -2.14. The van der Waals surface area contributed by atoms with Crippen molar-refractivity contribution in [2.24, 2.45) is 0 Å². The molecule has 2 aromatic heterocycles. The molecule has 0 radical (unpaired) electrons. The molecule has 1 amide bonds. The van der Waals surface area contributed by atoms with E-state index in [4.69, 9.17) is 14.2 Å². The molecule has 10 nitrogen and oxygen atoms in total. The van der Waals surface area contributed by atoms with Crippen LogP contribution in [0, 0.1) is 0 Å². The molecular weight excluding hydrogens is 474 g/mol. The average Bonchev–Trinajstić information content (AvgIpc) is 3.54. The van der Waals surface area contributed by atoms with Gasteiger partial charge in [-0.3, -0.25) is 18.7 Å². The second kappa shape index (κ2) is 9.11. The van der Waals surface area contributed by atoms with Crippen molar-refractivity contribution >= 4 is 39.1 Å². The second-order valence-electron chi connectivity index (χ2n) is 7.67. The highest BCUT2D eigenvalue weighted by molar-refractivity contribution is 7.17. The Morgan fingerprint density at radius 3 is 2.69 bits per heavy atom. The summed E-state index contributed by atoms with van der Waals surface area (Å²) in [6, 6.07) is 13.2. The number of hydrogen-bond acceptors (Lipinski definition) is 8. The molecular formula is C24H19N3O7S. The number of ether oxygens (including phenoxy) is 3. The highest BCUT2D eigenvalue weighted by Gasteiger charge is 2.20. The maximum atomic E-state index is 13.4. The number of nitrogens with one attached hydrogen (secondary N) is 1. The van der Waals surface area contributed by atoms with E-state index in [1.165, 1.54) is 29.1 Å². The first kappa shape index (κ1) is 22.4. The number of rotatable bonds is 6. The first-order chi connectivity index (χ1) is 17.0. The normalized spacial score (nSPS) is 12.0. The van der Waals surface area contributed by atoms with E-state index >= 15 is 0 Å². The van der Waals surface area contributed by atoms with Crippen LogP contribution in [0.1, 0.15) is 15.9 Å². The van der Waals surface area contributed by atoms with Crippen molar-refractivity contribution in [3.05, 3.63) is 85.9 Å². The Morgan fingerprint density at radius 2 is 1.86 bits per heavy atom. The van der Waals surface area contributed by atoms with E-state index in [1.54, 1.807) is 47.8 Å². The number of benzene rings is 2. The molecule has 3 heterocycles. The number of amides is 1. The van der Waals surface area contributed by atoms with Gasteiger partial charge >= 0.3 is 11.7 Å². The topological polar surface area (TPSA) is 118 Å². The molecule has 0 bridgehead atoms. The number of hydrogen-bond donors (Lipinski definition) is 1. The Balaban J connectivity index is 1.49. The molecule has 0 unspecified atom stereocenters. The summed E-state index contributed by atoms with van der Waals surface area (Å²) in [5.41, 5.74) is 0.410. The molecule has 178 valence electrons. The molecule has 0 saturated carbocycles. The number of esters is 1.